The highest BCUT2D eigenvalue weighted by Gasteiger charge is 2.13. The Kier molecular flexibility index (Phi) is 3.76. The van der Waals surface area contributed by atoms with Crippen molar-refractivity contribution in [2.75, 3.05) is 0 Å². The van der Waals surface area contributed by atoms with Crippen LogP contribution in [0.5, 0.6) is 0 Å². The van der Waals surface area contributed by atoms with Gasteiger partial charge in [0.15, 0.2) is 5.82 Å². The lowest BCUT2D eigenvalue weighted by Crippen LogP contribution is -2.22. The van der Waals surface area contributed by atoms with Gasteiger partial charge in [-0.05, 0) is 13.8 Å². The van der Waals surface area contributed by atoms with E-state index in [4.69, 9.17) is 4.52 Å². The second kappa shape index (κ2) is 5.30. The van der Waals surface area contributed by atoms with Gasteiger partial charge in [-0.1, -0.05) is 19.0 Å². The maximum Gasteiger partial charge on any atom is 0.213 e. The summed E-state index contributed by atoms with van der Waals surface area (Å²) >= 11 is 0. The molecule has 2 heterocycles. The van der Waals surface area contributed by atoms with Crippen LogP contribution in [0.25, 0.3) is 0 Å². The summed E-state index contributed by atoms with van der Waals surface area (Å²) in [5, 5.41) is 11.7. The molecule has 6 nitrogen and oxygen atoms in total. The summed E-state index contributed by atoms with van der Waals surface area (Å²) in [4.78, 5) is 4.01. The lowest BCUT2D eigenvalue weighted by Gasteiger charge is -2.08. The van der Waals surface area contributed by atoms with Crippen LogP contribution in [0.3, 0.4) is 0 Å². The second-order valence-electron chi connectivity index (χ2n) is 4.69. The lowest BCUT2D eigenvalue weighted by molar-refractivity contribution is 0.406. The van der Waals surface area contributed by atoms with E-state index in [9.17, 15) is 0 Å². The fourth-order valence-electron chi connectivity index (χ4n) is 1.85. The third kappa shape index (κ3) is 2.76. The standard InChI is InChI=1S/C12H19N5O/c1-8(2)13-5-11-9(3)15-17(10(11)4)6-12-14-7-18-16-12/h7-8,13H,5-6H2,1-4H3. The first-order valence-electron chi connectivity index (χ1n) is 6.09. The zero-order valence-corrected chi connectivity index (χ0v) is 11.3. The van der Waals surface area contributed by atoms with Gasteiger partial charge < -0.3 is 9.84 Å². The average Bonchev–Trinajstić information content (AvgIpc) is 2.88. The summed E-state index contributed by atoms with van der Waals surface area (Å²) in [6, 6.07) is 0.462. The van der Waals surface area contributed by atoms with Crippen LogP contribution >= 0.6 is 0 Å². The van der Waals surface area contributed by atoms with E-state index in [0.29, 0.717) is 18.4 Å². The lowest BCUT2D eigenvalue weighted by atomic mass is 10.2. The first-order valence-corrected chi connectivity index (χ1v) is 6.09. The van der Waals surface area contributed by atoms with E-state index in [1.807, 2.05) is 11.6 Å². The number of rotatable bonds is 5. The third-order valence-corrected chi connectivity index (χ3v) is 2.92. The molecule has 98 valence electrons. The van der Waals surface area contributed by atoms with Crippen molar-refractivity contribution in [1.82, 2.24) is 25.2 Å². The molecule has 0 aliphatic carbocycles. The minimum Gasteiger partial charge on any atom is -0.343 e. The number of nitrogens with zero attached hydrogens (tertiary/aromatic N) is 4. The molecule has 0 saturated heterocycles. The van der Waals surface area contributed by atoms with Gasteiger partial charge in [0.1, 0.15) is 6.54 Å². The monoisotopic (exact) mass is 249 g/mol. The van der Waals surface area contributed by atoms with E-state index in [1.54, 1.807) is 0 Å². The van der Waals surface area contributed by atoms with Crippen LogP contribution in [-0.4, -0.2) is 26.0 Å². The van der Waals surface area contributed by atoms with Crippen LogP contribution in [0.2, 0.25) is 0 Å². The van der Waals surface area contributed by atoms with Gasteiger partial charge in [0.05, 0.1) is 5.69 Å². The molecule has 18 heavy (non-hydrogen) atoms. The topological polar surface area (TPSA) is 68.8 Å². The summed E-state index contributed by atoms with van der Waals surface area (Å²) in [6.07, 6.45) is 1.34. The molecule has 0 bridgehead atoms. The Morgan fingerprint density at radius 1 is 1.39 bits per heavy atom. The third-order valence-electron chi connectivity index (χ3n) is 2.92. The van der Waals surface area contributed by atoms with Crippen LogP contribution < -0.4 is 5.32 Å². The molecule has 0 aliphatic rings. The number of aryl methyl sites for hydroxylation is 1. The van der Waals surface area contributed by atoms with Gasteiger partial charge in [0.2, 0.25) is 6.39 Å². The van der Waals surface area contributed by atoms with E-state index in [1.165, 1.54) is 12.0 Å². The van der Waals surface area contributed by atoms with E-state index >= 15 is 0 Å². The Morgan fingerprint density at radius 3 is 2.78 bits per heavy atom. The molecule has 0 aromatic carbocycles. The molecule has 1 N–H and O–H groups in total. The molecule has 0 aliphatic heterocycles. The van der Waals surface area contributed by atoms with Gasteiger partial charge in [0.25, 0.3) is 0 Å². The summed E-state index contributed by atoms with van der Waals surface area (Å²) < 4.78 is 6.64. The fraction of sp³-hybridized carbons (Fsp3) is 0.583. The molecule has 0 unspecified atom stereocenters. The molecule has 0 fully saturated rings. The van der Waals surface area contributed by atoms with Crippen LogP contribution in [0, 0.1) is 13.8 Å². The first kappa shape index (κ1) is 12.8. The average molecular weight is 249 g/mol. The van der Waals surface area contributed by atoms with Gasteiger partial charge in [-0.3, -0.25) is 4.68 Å². The van der Waals surface area contributed by atoms with Crippen molar-refractivity contribution in [3.8, 4) is 0 Å². The maximum absolute atomic E-state index is 4.73. The minimum absolute atomic E-state index is 0.462. The van der Waals surface area contributed by atoms with Crippen LogP contribution in [0.15, 0.2) is 10.9 Å². The summed E-state index contributed by atoms with van der Waals surface area (Å²) in [6.45, 7) is 9.74. The number of hydrogen-bond acceptors (Lipinski definition) is 5. The Bertz CT molecular complexity index is 501. The Hall–Kier alpha value is -1.69. The van der Waals surface area contributed by atoms with E-state index in [2.05, 4.69) is 41.3 Å². The highest BCUT2D eigenvalue weighted by atomic mass is 16.5. The number of nitrogens with one attached hydrogen (secondary N) is 1. The predicted octanol–water partition coefficient (Wildman–Crippen LogP) is 1.43. The zero-order valence-electron chi connectivity index (χ0n) is 11.3. The number of hydrogen-bond donors (Lipinski definition) is 1. The summed E-state index contributed by atoms with van der Waals surface area (Å²) in [7, 11) is 0. The molecule has 2 rings (SSSR count). The Labute approximate surface area is 106 Å². The molecule has 0 spiro atoms. The molecular weight excluding hydrogens is 230 g/mol. The van der Waals surface area contributed by atoms with Gasteiger partial charge in [-0.15, -0.1) is 0 Å². The van der Waals surface area contributed by atoms with Crippen molar-refractivity contribution in [2.24, 2.45) is 0 Å². The van der Waals surface area contributed by atoms with Crippen molar-refractivity contribution in [3.05, 3.63) is 29.2 Å². The SMILES string of the molecule is Cc1nn(Cc2ncon2)c(C)c1CNC(C)C. The van der Waals surface area contributed by atoms with Crippen molar-refractivity contribution >= 4 is 0 Å². The predicted molar refractivity (Wildman–Crippen MR) is 67.1 cm³/mol. The van der Waals surface area contributed by atoms with Crippen LogP contribution in [-0.2, 0) is 13.1 Å². The van der Waals surface area contributed by atoms with E-state index in [-0.39, 0.29) is 0 Å². The maximum atomic E-state index is 4.73. The van der Waals surface area contributed by atoms with Crippen molar-refractivity contribution in [1.29, 1.82) is 0 Å². The molecular formula is C12H19N5O. The zero-order chi connectivity index (χ0) is 13.1. The van der Waals surface area contributed by atoms with Gasteiger partial charge in [0, 0.05) is 23.8 Å². The van der Waals surface area contributed by atoms with Crippen LogP contribution in [0.1, 0.15) is 36.6 Å². The molecule has 6 heteroatoms. The molecule has 0 radical (unpaired) electrons. The smallest absolute Gasteiger partial charge is 0.213 e. The Morgan fingerprint density at radius 2 is 2.17 bits per heavy atom. The molecule has 0 saturated carbocycles. The highest BCUT2D eigenvalue weighted by Crippen LogP contribution is 2.13. The normalized spacial score (nSPS) is 11.4. The highest BCUT2D eigenvalue weighted by molar-refractivity contribution is 5.24. The van der Waals surface area contributed by atoms with Crippen molar-refractivity contribution in [2.45, 2.75) is 46.8 Å². The van der Waals surface area contributed by atoms with E-state index < -0.39 is 0 Å². The van der Waals surface area contributed by atoms with Gasteiger partial charge >= 0.3 is 0 Å². The molecule has 2 aromatic rings. The van der Waals surface area contributed by atoms with Crippen LogP contribution in [0.4, 0.5) is 0 Å². The quantitative estimate of drug-likeness (QED) is 0.868. The minimum atomic E-state index is 0.462. The van der Waals surface area contributed by atoms with Crippen molar-refractivity contribution < 1.29 is 4.52 Å². The molecule has 0 amide bonds. The largest absolute Gasteiger partial charge is 0.343 e. The van der Waals surface area contributed by atoms with Crippen molar-refractivity contribution in [3.63, 3.8) is 0 Å². The van der Waals surface area contributed by atoms with Gasteiger partial charge in [-0.25, -0.2) is 0 Å². The van der Waals surface area contributed by atoms with E-state index in [0.717, 1.165) is 17.9 Å². The molecule has 0 atom stereocenters. The summed E-state index contributed by atoms with van der Waals surface area (Å²) in [5.74, 6) is 0.643. The number of aromatic nitrogens is 4. The Balaban J connectivity index is 2.15. The molecule has 2 aromatic heterocycles. The van der Waals surface area contributed by atoms with Gasteiger partial charge in [-0.2, -0.15) is 10.1 Å². The first-order chi connectivity index (χ1) is 8.58. The summed E-state index contributed by atoms with van der Waals surface area (Å²) in [5.41, 5.74) is 3.43. The second-order valence-corrected chi connectivity index (χ2v) is 4.69. The fourth-order valence-corrected chi connectivity index (χ4v) is 1.85.